The first-order valence-corrected chi connectivity index (χ1v) is 5.97. The highest BCUT2D eigenvalue weighted by atomic mass is 79.9. The van der Waals surface area contributed by atoms with E-state index < -0.39 is 0 Å². The fourth-order valence-electron chi connectivity index (χ4n) is 1.51. The van der Waals surface area contributed by atoms with Crippen LogP contribution in [0.4, 0.5) is 17.5 Å². The van der Waals surface area contributed by atoms with Crippen LogP contribution in [0.5, 0.6) is 0 Å². The maximum Gasteiger partial charge on any atom is 0.230 e. The number of nitrogen functional groups attached to an aromatic ring is 1. The number of anilines is 3. The van der Waals surface area contributed by atoms with E-state index >= 15 is 0 Å². The van der Waals surface area contributed by atoms with Crippen LogP contribution in [0.15, 0.2) is 16.9 Å². The van der Waals surface area contributed by atoms with Gasteiger partial charge in [-0.15, -0.1) is 0 Å². The zero-order chi connectivity index (χ0) is 12.4. The lowest BCUT2D eigenvalue weighted by atomic mass is 10.3. The smallest absolute Gasteiger partial charge is 0.230 e. The summed E-state index contributed by atoms with van der Waals surface area (Å²) < 4.78 is 2.40. The molecule has 0 unspecified atom stereocenters. The number of nitrogens with two attached hydrogens (primary N) is 1. The Morgan fingerprint density at radius 1 is 1.47 bits per heavy atom. The molecule has 0 aliphatic heterocycles. The lowest BCUT2D eigenvalue weighted by Gasteiger charge is -2.04. The van der Waals surface area contributed by atoms with Crippen molar-refractivity contribution < 1.29 is 0 Å². The summed E-state index contributed by atoms with van der Waals surface area (Å²) in [6, 6.07) is 1.65. The SMILES string of the molecule is CCc1nn(C)cc1Nc1nc(N)cc(Br)n1. The Morgan fingerprint density at radius 3 is 2.88 bits per heavy atom. The van der Waals surface area contributed by atoms with Gasteiger partial charge in [-0.2, -0.15) is 10.1 Å². The first-order chi connectivity index (χ1) is 8.08. The predicted octanol–water partition coefficient (Wildman–Crippen LogP) is 1.86. The third kappa shape index (κ3) is 2.73. The van der Waals surface area contributed by atoms with Gasteiger partial charge in [0.15, 0.2) is 0 Å². The number of halogens is 1. The Hall–Kier alpha value is -1.63. The van der Waals surface area contributed by atoms with Crippen molar-refractivity contribution in [1.29, 1.82) is 0 Å². The van der Waals surface area contributed by atoms with Crippen molar-refractivity contribution in [2.45, 2.75) is 13.3 Å². The fraction of sp³-hybridized carbons (Fsp3) is 0.300. The number of nitrogens with one attached hydrogen (secondary N) is 1. The van der Waals surface area contributed by atoms with E-state index in [1.165, 1.54) is 0 Å². The van der Waals surface area contributed by atoms with Gasteiger partial charge in [0.2, 0.25) is 5.95 Å². The molecule has 0 bridgehead atoms. The topological polar surface area (TPSA) is 81.7 Å². The Labute approximate surface area is 107 Å². The largest absolute Gasteiger partial charge is 0.383 e. The van der Waals surface area contributed by atoms with Crippen molar-refractivity contribution in [1.82, 2.24) is 19.7 Å². The lowest BCUT2D eigenvalue weighted by molar-refractivity contribution is 0.746. The van der Waals surface area contributed by atoms with Crippen molar-refractivity contribution in [2.24, 2.45) is 7.05 Å². The molecule has 0 saturated carbocycles. The van der Waals surface area contributed by atoms with Crippen LogP contribution in [0, 0.1) is 0 Å². The Kier molecular flexibility index (Phi) is 3.28. The summed E-state index contributed by atoms with van der Waals surface area (Å²) in [5, 5.41) is 7.44. The number of hydrogen-bond acceptors (Lipinski definition) is 5. The third-order valence-corrected chi connectivity index (χ3v) is 2.61. The van der Waals surface area contributed by atoms with E-state index in [1.54, 1.807) is 10.7 Å². The minimum atomic E-state index is 0.413. The third-order valence-electron chi connectivity index (χ3n) is 2.20. The minimum absolute atomic E-state index is 0.413. The molecule has 2 aromatic rings. The van der Waals surface area contributed by atoms with Gasteiger partial charge in [0.05, 0.1) is 11.4 Å². The van der Waals surface area contributed by atoms with E-state index in [2.05, 4.69) is 36.3 Å². The van der Waals surface area contributed by atoms with E-state index in [0.717, 1.165) is 17.8 Å². The summed E-state index contributed by atoms with van der Waals surface area (Å²) >= 11 is 3.28. The van der Waals surface area contributed by atoms with E-state index in [0.29, 0.717) is 16.4 Å². The van der Waals surface area contributed by atoms with Crippen LogP contribution in [0.25, 0.3) is 0 Å². The van der Waals surface area contributed by atoms with Gasteiger partial charge >= 0.3 is 0 Å². The number of hydrogen-bond donors (Lipinski definition) is 2. The van der Waals surface area contributed by atoms with Gasteiger partial charge in [0, 0.05) is 19.3 Å². The molecule has 0 aliphatic carbocycles. The second kappa shape index (κ2) is 4.70. The monoisotopic (exact) mass is 296 g/mol. The second-order valence-electron chi connectivity index (χ2n) is 3.58. The van der Waals surface area contributed by atoms with Crippen molar-refractivity contribution in [3.63, 3.8) is 0 Å². The second-order valence-corrected chi connectivity index (χ2v) is 4.39. The maximum atomic E-state index is 5.65. The zero-order valence-electron chi connectivity index (χ0n) is 9.61. The molecule has 0 radical (unpaired) electrons. The molecule has 90 valence electrons. The molecule has 0 atom stereocenters. The van der Waals surface area contributed by atoms with Crippen LogP contribution in [0.1, 0.15) is 12.6 Å². The Morgan fingerprint density at radius 2 is 2.24 bits per heavy atom. The summed E-state index contributed by atoms with van der Waals surface area (Å²) in [6.45, 7) is 2.05. The van der Waals surface area contributed by atoms with Gasteiger partial charge in [-0.25, -0.2) is 4.98 Å². The van der Waals surface area contributed by atoms with Crippen LogP contribution < -0.4 is 11.1 Å². The molecule has 0 aromatic carbocycles. The normalized spacial score (nSPS) is 10.5. The molecule has 6 nitrogen and oxygen atoms in total. The summed E-state index contributed by atoms with van der Waals surface area (Å²) in [6.07, 6.45) is 2.73. The molecule has 0 fully saturated rings. The molecule has 3 N–H and O–H groups in total. The zero-order valence-corrected chi connectivity index (χ0v) is 11.2. The molecule has 0 spiro atoms. The first kappa shape index (κ1) is 11.8. The van der Waals surface area contributed by atoms with Crippen molar-refractivity contribution in [3.05, 3.63) is 22.6 Å². The molecule has 7 heteroatoms. The first-order valence-electron chi connectivity index (χ1n) is 5.18. The molecule has 2 heterocycles. The van der Waals surface area contributed by atoms with Gasteiger partial charge in [-0.1, -0.05) is 6.92 Å². The molecular formula is C10H13BrN6. The van der Waals surface area contributed by atoms with E-state index in [1.807, 2.05) is 20.2 Å². The molecule has 2 rings (SSSR count). The van der Waals surface area contributed by atoms with Crippen molar-refractivity contribution in [2.75, 3.05) is 11.1 Å². The molecule has 17 heavy (non-hydrogen) atoms. The summed E-state index contributed by atoms with van der Waals surface area (Å²) in [4.78, 5) is 8.29. The predicted molar refractivity (Wildman–Crippen MR) is 70.0 cm³/mol. The standard InChI is InChI=1S/C10H13BrN6/c1-3-6-7(5-17(2)16-6)13-10-14-8(11)4-9(12)15-10/h4-5H,3H2,1-2H3,(H3,12,13,14,15). The molecule has 0 aliphatic rings. The van der Waals surface area contributed by atoms with Gasteiger partial charge < -0.3 is 11.1 Å². The molecule has 0 amide bonds. The molecular weight excluding hydrogens is 284 g/mol. The van der Waals surface area contributed by atoms with E-state index in [4.69, 9.17) is 5.73 Å². The summed E-state index contributed by atoms with van der Waals surface area (Å²) in [5.74, 6) is 0.871. The Balaban J connectivity index is 2.30. The average Bonchev–Trinajstić information content (AvgIpc) is 2.57. The van der Waals surface area contributed by atoms with Gasteiger partial charge in [-0.3, -0.25) is 4.68 Å². The van der Waals surface area contributed by atoms with Crippen LogP contribution in [-0.2, 0) is 13.5 Å². The number of nitrogens with zero attached hydrogens (tertiary/aromatic N) is 4. The number of aryl methyl sites for hydroxylation is 2. The number of rotatable bonds is 3. The maximum absolute atomic E-state index is 5.65. The van der Waals surface area contributed by atoms with Crippen LogP contribution in [-0.4, -0.2) is 19.7 Å². The number of aromatic nitrogens is 4. The Bertz CT molecular complexity index is 515. The average molecular weight is 297 g/mol. The quantitative estimate of drug-likeness (QED) is 0.845. The molecule has 2 aromatic heterocycles. The van der Waals surface area contributed by atoms with Crippen LogP contribution >= 0.6 is 15.9 Å². The fourth-order valence-corrected chi connectivity index (χ4v) is 1.91. The van der Waals surface area contributed by atoms with Gasteiger partial charge in [-0.05, 0) is 22.4 Å². The van der Waals surface area contributed by atoms with Crippen molar-refractivity contribution in [3.8, 4) is 0 Å². The highest BCUT2D eigenvalue weighted by Crippen LogP contribution is 2.20. The van der Waals surface area contributed by atoms with Crippen LogP contribution in [0.2, 0.25) is 0 Å². The highest BCUT2D eigenvalue weighted by Gasteiger charge is 2.08. The lowest BCUT2D eigenvalue weighted by Crippen LogP contribution is -2.01. The molecule has 0 saturated heterocycles. The van der Waals surface area contributed by atoms with Crippen LogP contribution in [0.3, 0.4) is 0 Å². The van der Waals surface area contributed by atoms with E-state index in [9.17, 15) is 0 Å². The van der Waals surface area contributed by atoms with Crippen molar-refractivity contribution >= 4 is 33.4 Å². The van der Waals surface area contributed by atoms with Gasteiger partial charge in [0.1, 0.15) is 10.4 Å². The minimum Gasteiger partial charge on any atom is -0.383 e. The summed E-state index contributed by atoms with van der Waals surface area (Å²) in [7, 11) is 1.88. The summed E-state index contributed by atoms with van der Waals surface area (Å²) in [5.41, 5.74) is 7.51. The van der Waals surface area contributed by atoms with E-state index in [-0.39, 0.29) is 0 Å². The highest BCUT2D eigenvalue weighted by molar-refractivity contribution is 9.10. The van der Waals surface area contributed by atoms with Gasteiger partial charge in [0.25, 0.3) is 0 Å².